The van der Waals surface area contributed by atoms with Gasteiger partial charge in [0.1, 0.15) is 17.2 Å². The summed E-state index contributed by atoms with van der Waals surface area (Å²) in [5.41, 5.74) is 1.58. The van der Waals surface area contributed by atoms with Crippen LogP contribution in [0.1, 0.15) is 0 Å². The summed E-state index contributed by atoms with van der Waals surface area (Å²) in [6, 6.07) is 13.3. The molecule has 1 aromatic heterocycles. The molecule has 0 radical (unpaired) electrons. The molecule has 0 aliphatic rings. The second-order valence-corrected chi connectivity index (χ2v) is 4.81. The van der Waals surface area contributed by atoms with Gasteiger partial charge in [-0.1, -0.05) is 35.9 Å². The second kappa shape index (κ2) is 5.58. The van der Waals surface area contributed by atoms with Gasteiger partial charge in [0.2, 0.25) is 0 Å². The molecule has 0 atom stereocenters. The summed E-state index contributed by atoms with van der Waals surface area (Å²) < 4.78 is 10.7. The Morgan fingerprint density at radius 3 is 2.38 bits per heavy atom. The van der Waals surface area contributed by atoms with Gasteiger partial charge in [-0.2, -0.15) is 0 Å². The van der Waals surface area contributed by atoms with E-state index in [1.165, 1.54) is 0 Å². The van der Waals surface area contributed by atoms with Gasteiger partial charge in [0, 0.05) is 22.4 Å². The van der Waals surface area contributed by atoms with Crippen LogP contribution in [0.15, 0.2) is 42.5 Å². The van der Waals surface area contributed by atoms with Crippen LogP contribution in [-0.2, 0) is 0 Å². The minimum absolute atomic E-state index is 0.391. The van der Waals surface area contributed by atoms with Crippen molar-refractivity contribution in [1.29, 1.82) is 0 Å². The van der Waals surface area contributed by atoms with E-state index in [0.717, 1.165) is 27.8 Å². The maximum atomic E-state index is 6.11. The highest BCUT2D eigenvalue weighted by atomic mass is 35.5. The summed E-state index contributed by atoms with van der Waals surface area (Å²) in [6.45, 7) is 0. The lowest BCUT2D eigenvalue weighted by Gasteiger charge is -2.11. The molecule has 0 bridgehead atoms. The number of hydrogen-bond donors (Lipinski definition) is 0. The highest BCUT2D eigenvalue weighted by molar-refractivity contribution is 6.34. The first-order chi connectivity index (χ1) is 10.2. The molecule has 0 spiro atoms. The van der Waals surface area contributed by atoms with Crippen molar-refractivity contribution in [2.24, 2.45) is 0 Å². The standard InChI is InChI=1S/C16H13ClN2O2/c1-20-10-7-8-13(14(9-10)21-2)15-11-5-3-4-6-12(11)16(17)19-18-15/h3-9H,1-2H3. The highest BCUT2D eigenvalue weighted by Gasteiger charge is 2.14. The fraction of sp³-hybridized carbons (Fsp3) is 0.125. The van der Waals surface area contributed by atoms with Gasteiger partial charge in [-0.15, -0.1) is 10.2 Å². The molecule has 2 aromatic carbocycles. The average molecular weight is 301 g/mol. The van der Waals surface area contributed by atoms with E-state index in [2.05, 4.69) is 10.2 Å². The highest BCUT2D eigenvalue weighted by Crippen LogP contribution is 2.36. The summed E-state index contributed by atoms with van der Waals surface area (Å²) in [7, 11) is 3.23. The van der Waals surface area contributed by atoms with Crippen molar-refractivity contribution in [3.05, 3.63) is 47.6 Å². The lowest BCUT2D eigenvalue weighted by Crippen LogP contribution is -1.95. The fourth-order valence-corrected chi connectivity index (χ4v) is 2.47. The van der Waals surface area contributed by atoms with Crippen molar-refractivity contribution < 1.29 is 9.47 Å². The van der Waals surface area contributed by atoms with Crippen LogP contribution >= 0.6 is 11.6 Å². The third-order valence-electron chi connectivity index (χ3n) is 3.31. The quantitative estimate of drug-likeness (QED) is 0.734. The van der Waals surface area contributed by atoms with E-state index in [1.54, 1.807) is 14.2 Å². The third kappa shape index (κ3) is 2.38. The van der Waals surface area contributed by atoms with E-state index in [4.69, 9.17) is 21.1 Å². The molecule has 0 unspecified atom stereocenters. The monoisotopic (exact) mass is 300 g/mol. The molecule has 3 aromatic rings. The lowest BCUT2D eigenvalue weighted by molar-refractivity contribution is 0.395. The Balaban J connectivity index is 2.28. The number of halogens is 1. The van der Waals surface area contributed by atoms with E-state index >= 15 is 0 Å². The Bertz CT molecular complexity index is 805. The van der Waals surface area contributed by atoms with Crippen LogP contribution in [-0.4, -0.2) is 24.4 Å². The Morgan fingerprint density at radius 2 is 1.67 bits per heavy atom. The van der Waals surface area contributed by atoms with Crippen LogP contribution < -0.4 is 9.47 Å². The van der Waals surface area contributed by atoms with Crippen molar-refractivity contribution in [1.82, 2.24) is 10.2 Å². The maximum absolute atomic E-state index is 6.11. The Hall–Kier alpha value is -2.33. The molecular weight excluding hydrogens is 288 g/mol. The van der Waals surface area contributed by atoms with Gasteiger partial charge in [0.05, 0.1) is 14.2 Å². The predicted octanol–water partition coefficient (Wildman–Crippen LogP) is 3.97. The Morgan fingerprint density at radius 1 is 0.905 bits per heavy atom. The normalized spacial score (nSPS) is 10.6. The summed E-state index contributed by atoms with van der Waals surface area (Å²) in [5.74, 6) is 1.40. The minimum Gasteiger partial charge on any atom is -0.497 e. The van der Waals surface area contributed by atoms with Crippen molar-refractivity contribution in [3.8, 4) is 22.8 Å². The second-order valence-electron chi connectivity index (χ2n) is 4.45. The molecule has 1 heterocycles. The number of ether oxygens (including phenoxy) is 2. The van der Waals surface area contributed by atoms with Crippen molar-refractivity contribution in [2.75, 3.05) is 14.2 Å². The third-order valence-corrected chi connectivity index (χ3v) is 3.59. The number of benzene rings is 2. The maximum Gasteiger partial charge on any atom is 0.159 e. The van der Waals surface area contributed by atoms with E-state index in [1.807, 2.05) is 42.5 Å². The average Bonchev–Trinajstić information content (AvgIpc) is 2.55. The summed E-state index contributed by atoms with van der Waals surface area (Å²) in [6.07, 6.45) is 0. The molecule has 0 aliphatic heterocycles. The minimum atomic E-state index is 0.391. The van der Waals surface area contributed by atoms with Crippen LogP contribution in [0.2, 0.25) is 5.15 Å². The largest absolute Gasteiger partial charge is 0.497 e. The number of methoxy groups -OCH3 is 2. The molecule has 0 amide bonds. The van der Waals surface area contributed by atoms with E-state index in [9.17, 15) is 0 Å². The van der Waals surface area contributed by atoms with E-state index in [0.29, 0.717) is 10.9 Å². The lowest BCUT2D eigenvalue weighted by atomic mass is 10.0. The SMILES string of the molecule is COc1ccc(-c2nnc(Cl)c3ccccc23)c(OC)c1. The molecule has 0 saturated heterocycles. The smallest absolute Gasteiger partial charge is 0.159 e. The Kier molecular flexibility index (Phi) is 3.62. The summed E-state index contributed by atoms with van der Waals surface area (Å²) >= 11 is 6.11. The Labute approximate surface area is 127 Å². The zero-order chi connectivity index (χ0) is 14.8. The van der Waals surface area contributed by atoms with Crippen LogP contribution in [0.5, 0.6) is 11.5 Å². The molecule has 0 N–H and O–H groups in total. The fourth-order valence-electron chi connectivity index (χ4n) is 2.26. The molecule has 0 aliphatic carbocycles. The first-order valence-corrected chi connectivity index (χ1v) is 6.75. The molecular formula is C16H13ClN2O2. The van der Waals surface area contributed by atoms with Crippen LogP contribution in [0.4, 0.5) is 0 Å². The number of nitrogens with zero attached hydrogens (tertiary/aromatic N) is 2. The summed E-state index contributed by atoms with van der Waals surface area (Å²) in [4.78, 5) is 0. The van der Waals surface area contributed by atoms with Gasteiger partial charge < -0.3 is 9.47 Å². The van der Waals surface area contributed by atoms with Gasteiger partial charge in [-0.05, 0) is 12.1 Å². The number of aromatic nitrogens is 2. The van der Waals surface area contributed by atoms with Crippen LogP contribution in [0.25, 0.3) is 22.0 Å². The zero-order valence-corrected chi connectivity index (χ0v) is 12.4. The van der Waals surface area contributed by atoms with Crippen molar-refractivity contribution in [2.45, 2.75) is 0 Å². The van der Waals surface area contributed by atoms with Gasteiger partial charge in [0.25, 0.3) is 0 Å². The first kappa shape index (κ1) is 13.6. The van der Waals surface area contributed by atoms with Crippen molar-refractivity contribution in [3.63, 3.8) is 0 Å². The number of hydrogen-bond acceptors (Lipinski definition) is 4. The van der Waals surface area contributed by atoms with Gasteiger partial charge in [0.15, 0.2) is 5.15 Å². The molecule has 21 heavy (non-hydrogen) atoms. The molecule has 0 saturated carbocycles. The molecule has 5 heteroatoms. The van der Waals surface area contributed by atoms with E-state index in [-0.39, 0.29) is 0 Å². The molecule has 0 fully saturated rings. The zero-order valence-electron chi connectivity index (χ0n) is 11.6. The van der Waals surface area contributed by atoms with Gasteiger partial charge >= 0.3 is 0 Å². The molecule has 106 valence electrons. The van der Waals surface area contributed by atoms with E-state index < -0.39 is 0 Å². The van der Waals surface area contributed by atoms with Crippen LogP contribution in [0, 0.1) is 0 Å². The first-order valence-electron chi connectivity index (χ1n) is 6.38. The topological polar surface area (TPSA) is 44.2 Å². The molecule has 4 nitrogen and oxygen atoms in total. The van der Waals surface area contributed by atoms with Gasteiger partial charge in [-0.25, -0.2) is 0 Å². The summed E-state index contributed by atoms with van der Waals surface area (Å²) in [5, 5.41) is 10.5. The predicted molar refractivity (Wildman–Crippen MR) is 83.1 cm³/mol. The number of rotatable bonds is 3. The molecule has 3 rings (SSSR count). The van der Waals surface area contributed by atoms with Crippen LogP contribution in [0.3, 0.4) is 0 Å². The number of fused-ring (bicyclic) bond motifs is 1. The van der Waals surface area contributed by atoms with Crippen molar-refractivity contribution >= 4 is 22.4 Å². The van der Waals surface area contributed by atoms with Gasteiger partial charge in [-0.3, -0.25) is 0 Å².